The van der Waals surface area contributed by atoms with Gasteiger partial charge in [0.25, 0.3) is 0 Å². The topological polar surface area (TPSA) is 40.1 Å². The van der Waals surface area contributed by atoms with Crippen LogP contribution >= 0.6 is 11.8 Å². The highest BCUT2D eigenvalue weighted by molar-refractivity contribution is 7.99. The number of carboxylic acid groups (broad SMARTS) is 1. The highest BCUT2D eigenvalue weighted by Gasteiger charge is 2.95. The minimum absolute atomic E-state index is 0.262. The smallest absolute Gasteiger partial charge is 0.460 e. The molecule has 0 aliphatic rings. The Morgan fingerprint density at radius 2 is 0.875 bits per heavy atom. The first-order chi connectivity index (χ1) is 13.7. The summed E-state index contributed by atoms with van der Waals surface area (Å²) in [6.07, 6.45) is -10.5. The zero-order chi connectivity index (χ0) is 26.4. The quantitative estimate of drug-likeness (QED) is 0.279. The molecule has 0 aliphatic carbocycles. The average Bonchev–Trinajstić information content (AvgIpc) is 2.56. The molecule has 0 radical (unpaired) electrons. The fourth-order valence-electron chi connectivity index (χ4n) is 1.71. The number of carbonyl (C=O) groups is 1. The maximum Gasteiger partial charge on any atom is 0.460 e. The van der Waals surface area contributed by atoms with E-state index in [-0.39, 0.29) is 11.8 Å². The van der Waals surface area contributed by atoms with Crippen LogP contribution in [0.4, 0.5) is 74.6 Å². The summed E-state index contributed by atoms with van der Waals surface area (Å²) in [5.74, 6) is -61.4. The number of hydrogen-bond donors (Lipinski definition) is 0. The van der Waals surface area contributed by atoms with Crippen LogP contribution in [0, 0.1) is 0 Å². The molecule has 32 heavy (non-hydrogen) atoms. The van der Waals surface area contributed by atoms with Crippen molar-refractivity contribution in [2.45, 2.75) is 54.1 Å². The lowest BCUT2D eigenvalue weighted by atomic mass is 9.88. The molecule has 0 unspecified atom stereocenters. The molecule has 0 aliphatic heterocycles. The van der Waals surface area contributed by atoms with E-state index in [0.717, 1.165) is 0 Å². The molecule has 0 saturated carbocycles. The van der Waals surface area contributed by atoms with Crippen molar-refractivity contribution in [3.63, 3.8) is 0 Å². The van der Waals surface area contributed by atoms with Gasteiger partial charge in [-0.25, -0.2) is 0 Å². The molecule has 0 bridgehead atoms. The van der Waals surface area contributed by atoms with Crippen molar-refractivity contribution in [3.05, 3.63) is 0 Å². The van der Waals surface area contributed by atoms with Crippen LogP contribution in [0.1, 0.15) is 6.42 Å². The summed E-state index contributed by atoms with van der Waals surface area (Å²) in [7, 11) is 0. The van der Waals surface area contributed by atoms with Crippen LogP contribution in [0.15, 0.2) is 0 Å². The molecule has 0 saturated heterocycles. The fourth-order valence-corrected chi connectivity index (χ4v) is 2.42. The van der Waals surface area contributed by atoms with Gasteiger partial charge in [0.2, 0.25) is 0 Å². The van der Waals surface area contributed by atoms with E-state index in [0.29, 0.717) is 0 Å². The highest BCUT2D eigenvalue weighted by Crippen LogP contribution is 2.64. The van der Waals surface area contributed by atoms with Gasteiger partial charge in [0.15, 0.2) is 0 Å². The van der Waals surface area contributed by atoms with Crippen LogP contribution in [0.2, 0.25) is 0 Å². The van der Waals surface area contributed by atoms with Crippen LogP contribution in [0.5, 0.6) is 0 Å². The van der Waals surface area contributed by atoms with Gasteiger partial charge >= 0.3 is 47.6 Å². The molecule has 0 rings (SSSR count). The molecule has 192 valence electrons. The lowest BCUT2D eigenvalue weighted by Crippen LogP contribution is -2.74. The first-order valence-corrected chi connectivity index (χ1v) is 8.31. The zero-order valence-electron chi connectivity index (χ0n) is 14.3. The number of alkyl halides is 17. The Morgan fingerprint density at radius 3 is 1.19 bits per heavy atom. The van der Waals surface area contributed by atoms with E-state index in [1.165, 1.54) is 0 Å². The molecule has 0 aromatic carbocycles. The lowest BCUT2D eigenvalue weighted by molar-refractivity contribution is -0.461. The van der Waals surface area contributed by atoms with E-state index in [9.17, 15) is 84.5 Å². The molecule has 0 N–H and O–H groups in total. The molecular weight excluding hydrogens is 531 g/mol. The number of thioether (sulfide) groups is 1. The van der Waals surface area contributed by atoms with Gasteiger partial charge in [0.05, 0.1) is 5.97 Å². The Kier molecular flexibility index (Phi) is 8.08. The van der Waals surface area contributed by atoms with Gasteiger partial charge in [-0.3, -0.25) is 0 Å². The Labute approximate surface area is 169 Å². The van der Waals surface area contributed by atoms with Gasteiger partial charge < -0.3 is 9.90 Å². The van der Waals surface area contributed by atoms with Gasteiger partial charge in [-0.05, 0) is 5.75 Å². The number of aliphatic carboxylic acids is 1. The summed E-state index contributed by atoms with van der Waals surface area (Å²) in [6.45, 7) is 0. The van der Waals surface area contributed by atoms with Crippen LogP contribution < -0.4 is 5.11 Å². The normalized spacial score (nSPS) is 15.8. The van der Waals surface area contributed by atoms with Crippen molar-refractivity contribution in [1.29, 1.82) is 0 Å². The highest BCUT2D eigenvalue weighted by atomic mass is 32.2. The summed E-state index contributed by atoms with van der Waals surface area (Å²) in [5, 5.41) is 9.98. The molecule has 0 aromatic rings. The van der Waals surface area contributed by atoms with Crippen molar-refractivity contribution in [2.24, 2.45) is 0 Å². The van der Waals surface area contributed by atoms with Crippen molar-refractivity contribution in [3.8, 4) is 0 Å². The van der Waals surface area contributed by atoms with Crippen LogP contribution in [0.25, 0.3) is 0 Å². The summed E-state index contributed by atoms with van der Waals surface area (Å²) in [6, 6.07) is 0. The SMILES string of the molecule is O=C([O-])CSCCC(F)(F)C(F)(F)C(F)(F)C(F)(F)C(F)(F)C(F)(F)C(F)(F)C(F)(F)F. The molecule has 0 heterocycles. The molecule has 2 nitrogen and oxygen atoms in total. The Morgan fingerprint density at radius 1 is 0.562 bits per heavy atom. The largest absolute Gasteiger partial charge is 0.549 e. The molecule has 0 spiro atoms. The number of hydrogen-bond acceptors (Lipinski definition) is 3. The summed E-state index contributed by atoms with van der Waals surface area (Å²) < 4.78 is 220. The van der Waals surface area contributed by atoms with Crippen molar-refractivity contribution in [2.75, 3.05) is 11.5 Å². The third-order valence-corrected chi connectivity index (χ3v) is 4.50. The van der Waals surface area contributed by atoms with Gasteiger partial charge in [0.1, 0.15) is 0 Å². The van der Waals surface area contributed by atoms with Crippen molar-refractivity contribution >= 4 is 17.7 Å². The second-order valence-electron chi connectivity index (χ2n) is 5.82. The van der Waals surface area contributed by atoms with E-state index >= 15 is 0 Å². The predicted octanol–water partition coefficient (Wildman–Crippen LogP) is 4.87. The van der Waals surface area contributed by atoms with Crippen molar-refractivity contribution in [1.82, 2.24) is 0 Å². The second-order valence-corrected chi connectivity index (χ2v) is 6.93. The van der Waals surface area contributed by atoms with E-state index in [4.69, 9.17) is 0 Å². The van der Waals surface area contributed by atoms with E-state index in [1.54, 1.807) is 0 Å². The first kappa shape index (κ1) is 30.6. The molecule has 0 fully saturated rings. The number of rotatable bonds is 11. The minimum Gasteiger partial charge on any atom is -0.549 e. The number of carbonyl (C=O) groups excluding carboxylic acids is 1. The average molecular weight is 537 g/mol. The first-order valence-electron chi connectivity index (χ1n) is 7.16. The van der Waals surface area contributed by atoms with Gasteiger partial charge in [-0.15, -0.1) is 0 Å². The molecule has 0 amide bonds. The maximum atomic E-state index is 13.4. The standard InChI is InChI=1S/C12H7F17O2S/c13-5(14,1-2-32-3-4(30)31)6(15,16)7(17,18)8(19,20)9(21,22)10(23,24)11(25,26)12(27,28)29/h1-3H2,(H,30,31)/p-1. The van der Waals surface area contributed by atoms with E-state index in [1.807, 2.05) is 0 Å². The van der Waals surface area contributed by atoms with Crippen LogP contribution in [-0.4, -0.2) is 65.1 Å². The Bertz CT molecular complexity index is 684. The lowest BCUT2D eigenvalue weighted by Gasteiger charge is -2.42. The minimum atomic E-state index is -8.66. The van der Waals surface area contributed by atoms with Gasteiger partial charge in [-0.1, -0.05) is 0 Å². The second kappa shape index (κ2) is 8.44. The maximum absolute atomic E-state index is 13.4. The summed E-state index contributed by atoms with van der Waals surface area (Å²) in [4.78, 5) is 9.98. The molecule has 0 atom stereocenters. The van der Waals surface area contributed by atoms with Crippen LogP contribution in [-0.2, 0) is 4.79 Å². The van der Waals surface area contributed by atoms with Crippen LogP contribution in [0.3, 0.4) is 0 Å². The molecular formula is C12H6F17O2S-. The number of halogens is 17. The number of carboxylic acids is 1. The molecule has 20 heteroatoms. The van der Waals surface area contributed by atoms with Gasteiger partial charge in [-0.2, -0.15) is 86.4 Å². The monoisotopic (exact) mass is 537 g/mol. The van der Waals surface area contributed by atoms with E-state index in [2.05, 4.69) is 0 Å². The zero-order valence-corrected chi connectivity index (χ0v) is 15.1. The Hall–Kier alpha value is -1.37. The predicted molar refractivity (Wildman–Crippen MR) is 67.6 cm³/mol. The fraction of sp³-hybridized carbons (Fsp3) is 0.917. The molecule has 0 aromatic heterocycles. The van der Waals surface area contributed by atoms with Gasteiger partial charge in [0, 0.05) is 12.2 Å². The van der Waals surface area contributed by atoms with Crippen molar-refractivity contribution < 1.29 is 84.5 Å². The third-order valence-electron chi connectivity index (χ3n) is 3.57. The Balaban J connectivity index is 6.33. The third kappa shape index (κ3) is 4.51. The summed E-state index contributed by atoms with van der Waals surface area (Å²) >= 11 is -0.262. The summed E-state index contributed by atoms with van der Waals surface area (Å²) in [5.41, 5.74) is 0. The van der Waals surface area contributed by atoms with E-state index < -0.39 is 71.5 Å².